The van der Waals surface area contributed by atoms with Gasteiger partial charge in [-0.1, -0.05) is 84.4 Å². The van der Waals surface area contributed by atoms with Crippen molar-refractivity contribution in [2.45, 2.75) is 12.6 Å². The Morgan fingerprint density at radius 3 is 2.24 bits per heavy atom. The minimum Gasteiger partial charge on any atom is -0.322 e. The number of amides is 1. The number of nitrogens with zero attached hydrogens (tertiary/aromatic N) is 2. The monoisotopic (exact) mass is 399 g/mol. The summed E-state index contributed by atoms with van der Waals surface area (Å²) >= 11 is 6.12. The zero-order chi connectivity index (χ0) is 19.8. The fraction of sp³-hybridized carbons (Fsp3) is 0.0833. The van der Waals surface area contributed by atoms with E-state index in [2.05, 4.69) is 10.2 Å². The smallest absolute Gasteiger partial charge is 0.273 e. The van der Waals surface area contributed by atoms with E-state index in [0.717, 1.165) is 27.9 Å². The van der Waals surface area contributed by atoms with Gasteiger partial charge in [0.2, 0.25) is 0 Å². The Bertz CT molecular complexity index is 1150. The Kier molecular flexibility index (Phi) is 4.41. The molecule has 0 aliphatic carbocycles. The third-order valence-electron chi connectivity index (χ3n) is 5.29. The van der Waals surface area contributed by atoms with Gasteiger partial charge in [0.05, 0.1) is 11.7 Å². The molecule has 2 heterocycles. The number of carbonyl (C=O) groups is 1. The lowest BCUT2D eigenvalue weighted by atomic mass is 9.96. The number of carbonyl (C=O) groups excluding carboxylic acids is 1. The predicted octanol–water partition coefficient (Wildman–Crippen LogP) is 5.48. The molecule has 0 spiro atoms. The van der Waals surface area contributed by atoms with Crippen LogP contribution in [0.2, 0.25) is 5.02 Å². The van der Waals surface area contributed by atoms with E-state index in [1.165, 1.54) is 0 Å². The van der Waals surface area contributed by atoms with Gasteiger partial charge in [-0.15, -0.1) is 0 Å². The minimum absolute atomic E-state index is 0.0431. The number of hydrogen-bond donors (Lipinski definition) is 1. The second-order valence-electron chi connectivity index (χ2n) is 7.10. The Labute approximate surface area is 173 Å². The van der Waals surface area contributed by atoms with Crippen LogP contribution >= 0.6 is 11.6 Å². The molecule has 1 N–H and O–H groups in total. The van der Waals surface area contributed by atoms with Crippen LogP contribution in [0.1, 0.15) is 33.2 Å². The average molecular weight is 400 g/mol. The molecule has 3 aromatic carbocycles. The second-order valence-corrected chi connectivity index (χ2v) is 7.54. The Hall–Kier alpha value is -3.37. The summed E-state index contributed by atoms with van der Waals surface area (Å²) in [5.74, 6) is -0.0431. The number of benzene rings is 3. The lowest BCUT2D eigenvalue weighted by Gasteiger charge is -2.26. The van der Waals surface area contributed by atoms with Crippen LogP contribution in [-0.2, 0) is 6.54 Å². The van der Waals surface area contributed by atoms with E-state index in [0.29, 0.717) is 17.3 Å². The van der Waals surface area contributed by atoms with Crippen molar-refractivity contribution in [1.29, 1.82) is 0 Å². The molecule has 0 bridgehead atoms. The van der Waals surface area contributed by atoms with Crippen molar-refractivity contribution in [3.05, 3.63) is 112 Å². The number of aromatic nitrogens is 2. The van der Waals surface area contributed by atoms with Gasteiger partial charge in [-0.3, -0.25) is 9.89 Å². The van der Waals surface area contributed by atoms with Crippen LogP contribution in [0.5, 0.6) is 0 Å². The van der Waals surface area contributed by atoms with Gasteiger partial charge in [-0.25, -0.2) is 0 Å². The molecule has 1 aliphatic rings. The summed E-state index contributed by atoms with van der Waals surface area (Å²) in [5.41, 5.74) is 5.36. The van der Waals surface area contributed by atoms with Gasteiger partial charge in [-0.2, -0.15) is 5.10 Å². The van der Waals surface area contributed by atoms with Crippen molar-refractivity contribution in [3.63, 3.8) is 0 Å². The maximum absolute atomic E-state index is 13.3. The van der Waals surface area contributed by atoms with E-state index in [1.54, 1.807) is 0 Å². The molecule has 1 unspecified atom stereocenters. The van der Waals surface area contributed by atoms with E-state index in [9.17, 15) is 4.79 Å². The molecule has 4 nitrogen and oxygen atoms in total. The van der Waals surface area contributed by atoms with Gasteiger partial charge in [-0.05, 0) is 23.3 Å². The highest BCUT2D eigenvalue weighted by Crippen LogP contribution is 2.43. The standard InChI is InChI=1S/C24H18ClN3O/c25-19-13-11-18(12-14-19)23-20-21(17-9-5-2-6-10-17)26-27-22(20)24(29)28(23)15-16-7-3-1-4-8-16/h1-14,23H,15H2,(H,26,27). The fourth-order valence-electron chi connectivity index (χ4n) is 3.95. The van der Waals surface area contributed by atoms with Crippen LogP contribution in [-0.4, -0.2) is 21.0 Å². The molecule has 5 heteroatoms. The molecule has 29 heavy (non-hydrogen) atoms. The van der Waals surface area contributed by atoms with Gasteiger partial charge in [0.1, 0.15) is 5.69 Å². The van der Waals surface area contributed by atoms with E-state index in [4.69, 9.17) is 11.6 Å². The van der Waals surface area contributed by atoms with Crippen LogP contribution in [0.4, 0.5) is 0 Å². The summed E-state index contributed by atoms with van der Waals surface area (Å²) in [6.45, 7) is 0.518. The van der Waals surface area contributed by atoms with Crippen molar-refractivity contribution in [3.8, 4) is 11.3 Å². The van der Waals surface area contributed by atoms with Crippen LogP contribution < -0.4 is 0 Å². The number of halogens is 1. The highest BCUT2D eigenvalue weighted by molar-refractivity contribution is 6.30. The van der Waals surface area contributed by atoms with E-state index in [1.807, 2.05) is 89.8 Å². The molecule has 1 aromatic heterocycles. The quantitative estimate of drug-likeness (QED) is 0.494. The molecular weight excluding hydrogens is 382 g/mol. The van der Waals surface area contributed by atoms with Gasteiger partial charge in [0.25, 0.3) is 5.91 Å². The van der Waals surface area contributed by atoms with Crippen LogP contribution in [0.25, 0.3) is 11.3 Å². The first-order chi connectivity index (χ1) is 14.2. The fourth-order valence-corrected chi connectivity index (χ4v) is 4.07. The first-order valence-corrected chi connectivity index (χ1v) is 9.84. The van der Waals surface area contributed by atoms with Crippen molar-refractivity contribution >= 4 is 17.5 Å². The van der Waals surface area contributed by atoms with Crippen molar-refractivity contribution in [2.75, 3.05) is 0 Å². The maximum atomic E-state index is 13.3. The lowest BCUT2D eigenvalue weighted by molar-refractivity contribution is 0.0730. The highest BCUT2D eigenvalue weighted by Gasteiger charge is 2.42. The zero-order valence-corrected chi connectivity index (χ0v) is 16.3. The minimum atomic E-state index is -0.232. The van der Waals surface area contributed by atoms with Gasteiger partial charge >= 0.3 is 0 Å². The first-order valence-electron chi connectivity index (χ1n) is 9.46. The number of fused-ring (bicyclic) bond motifs is 1. The Balaban J connectivity index is 1.65. The Morgan fingerprint density at radius 1 is 0.897 bits per heavy atom. The number of hydrogen-bond acceptors (Lipinski definition) is 2. The second kappa shape index (κ2) is 7.22. The topological polar surface area (TPSA) is 49.0 Å². The molecule has 1 atom stereocenters. The molecule has 1 amide bonds. The Morgan fingerprint density at radius 2 is 1.55 bits per heavy atom. The average Bonchev–Trinajstić information content (AvgIpc) is 3.30. The van der Waals surface area contributed by atoms with Gasteiger partial charge < -0.3 is 4.90 Å². The number of H-pyrrole nitrogens is 1. The van der Waals surface area contributed by atoms with Crippen LogP contribution in [0, 0.1) is 0 Å². The molecule has 0 fully saturated rings. The number of rotatable bonds is 4. The summed E-state index contributed by atoms with van der Waals surface area (Å²) in [4.78, 5) is 15.2. The van der Waals surface area contributed by atoms with Gasteiger partial charge in [0.15, 0.2) is 0 Å². The van der Waals surface area contributed by atoms with E-state index >= 15 is 0 Å². The van der Waals surface area contributed by atoms with Crippen molar-refractivity contribution in [2.24, 2.45) is 0 Å². The molecular formula is C24H18ClN3O. The molecule has 0 saturated heterocycles. The van der Waals surface area contributed by atoms with Crippen LogP contribution in [0.15, 0.2) is 84.9 Å². The third kappa shape index (κ3) is 3.12. The number of aromatic amines is 1. The highest BCUT2D eigenvalue weighted by atomic mass is 35.5. The van der Waals surface area contributed by atoms with Gasteiger partial charge in [0, 0.05) is 22.7 Å². The van der Waals surface area contributed by atoms with Crippen molar-refractivity contribution in [1.82, 2.24) is 15.1 Å². The molecule has 0 radical (unpaired) electrons. The summed E-state index contributed by atoms with van der Waals surface area (Å²) in [6.07, 6.45) is 0. The molecule has 1 aliphatic heterocycles. The molecule has 142 valence electrons. The summed E-state index contributed by atoms with van der Waals surface area (Å²) < 4.78 is 0. The van der Waals surface area contributed by atoms with E-state index in [-0.39, 0.29) is 11.9 Å². The van der Waals surface area contributed by atoms with Crippen LogP contribution in [0.3, 0.4) is 0 Å². The zero-order valence-electron chi connectivity index (χ0n) is 15.5. The van der Waals surface area contributed by atoms with E-state index < -0.39 is 0 Å². The SMILES string of the molecule is O=C1c2[nH]nc(-c3ccccc3)c2C(c2ccc(Cl)cc2)N1Cc1ccccc1. The molecule has 0 saturated carbocycles. The normalized spacial score (nSPS) is 15.6. The molecule has 5 rings (SSSR count). The summed E-state index contributed by atoms with van der Waals surface area (Å²) in [7, 11) is 0. The first kappa shape index (κ1) is 17.7. The maximum Gasteiger partial charge on any atom is 0.273 e. The predicted molar refractivity (Wildman–Crippen MR) is 114 cm³/mol. The number of nitrogens with one attached hydrogen (secondary N) is 1. The van der Waals surface area contributed by atoms with Crippen molar-refractivity contribution < 1.29 is 4.79 Å². The summed E-state index contributed by atoms with van der Waals surface area (Å²) in [5, 5.41) is 8.16. The lowest BCUT2D eigenvalue weighted by Crippen LogP contribution is -2.29. The molecule has 4 aromatic rings. The largest absolute Gasteiger partial charge is 0.322 e. The third-order valence-corrected chi connectivity index (χ3v) is 5.54. The summed E-state index contributed by atoms with van der Waals surface area (Å²) in [6, 6.07) is 27.4.